The quantitative estimate of drug-likeness (QED) is 0.139. The summed E-state index contributed by atoms with van der Waals surface area (Å²) in [6.45, 7) is 18.1. The number of aliphatic hydroxyl groups excluding tert-OH is 1. The van der Waals surface area contributed by atoms with Gasteiger partial charge < -0.3 is 33.3 Å². The molecule has 7 nitrogen and oxygen atoms in total. The Balaban J connectivity index is 2.45. The van der Waals surface area contributed by atoms with Crippen molar-refractivity contribution in [2.45, 2.75) is 109 Å². The molecule has 0 spiro atoms. The van der Waals surface area contributed by atoms with Crippen molar-refractivity contribution in [1.29, 1.82) is 0 Å². The first-order valence-electron chi connectivity index (χ1n) is 13.7. The summed E-state index contributed by atoms with van der Waals surface area (Å²) < 4.78 is 31.1. The SMILES string of the molecule is COCOC[C@@H](O[Si](C(C)C)(C(C)C)C(C)C)[C@H]1O[C@H]([C@@H](C)C=O)[C@@H](O)[C@@H](OCc2ccccc2)[C@@H]1C. The monoisotopic (exact) mass is 538 g/mol. The van der Waals surface area contributed by atoms with E-state index in [0.29, 0.717) is 23.2 Å². The van der Waals surface area contributed by atoms with E-state index in [1.807, 2.05) is 37.3 Å². The summed E-state index contributed by atoms with van der Waals surface area (Å²) in [6, 6.07) is 9.89. The highest BCUT2D eigenvalue weighted by Crippen LogP contribution is 2.45. The highest BCUT2D eigenvalue weighted by molar-refractivity contribution is 6.77. The zero-order valence-corrected chi connectivity index (χ0v) is 25.3. The summed E-state index contributed by atoms with van der Waals surface area (Å²) in [5.41, 5.74) is 2.14. The Kier molecular flexibility index (Phi) is 12.9. The van der Waals surface area contributed by atoms with Gasteiger partial charge in [0.2, 0.25) is 8.32 Å². The molecule has 1 N–H and O–H groups in total. The zero-order valence-electron chi connectivity index (χ0n) is 24.3. The molecular weight excluding hydrogens is 488 g/mol. The molecule has 1 saturated heterocycles. The molecule has 0 radical (unpaired) electrons. The van der Waals surface area contributed by atoms with Crippen LogP contribution in [-0.4, -0.2) is 70.7 Å². The fourth-order valence-electron chi connectivity index (χ4n) is 6.14. The predicted molar refractivity (Wildman–Crippen MR) is 148 cm³/mol. The fourth-order valence-corrected chi connectivity index (χ4v) is 11.7. The van der Waals surface area contributed by atoms with Gasteiger partial charge >= 0.3 is 0 Å². The third-order valence-corrected chi connectivity index (χ3v) is 14.1. The maximum absolute atomic E-state index is 11.8. The fraction of sp³-hybridized carbons (Fsp3) is 0.759. The summed E-state index contributed by atoms with van der Waals surface area (Å²) in [5.74, 6) is -0.709. The topological polar surface area (TPSA) is 83.5 Å². The molecule has 1 aliphatic heterocycles. The van der Waals surface area contributed by atoms with E-state index in [4.69, 9.17) is 23.4 Å². The minimum absolute atomic E-state index is 0.144. The molecule has 7 atom stereocenters. The zero-order chi connectivity index (χ0) is 27.8. The van der Waals surface area contributed by atoms with Gasteiger partial charge in [0.25, 0.3) is 0 Å². The molecule has 1 heterocycles. The summed E-state index contributed by atoms with van der Waals surface area (Å²) >= 11 is 0. The highest BCUT2D eigenvalue weighted by Gasteiger charge is 2.52. The molecule has 37 heavy (non-hydrogen) atoms. The van der Waals surface area contributed by atoms with Gasteiger partial charge in [-0.25, -0.2) is 0 Å². The lowest BCUT2D eigenvalue weighted by Crippen LogP contribution is -2.62. The van der Waals surface area contributed by atoms with E-state index in [1.165, 1.54) is 0 Å². The Morgan fingerprint density at radius 1 is 1.00 bits per heavy atom. The van der Waals surface area contributed by atoms with E-state index >= 15 is 0 Å². The van der Waals surface area contributed by atoms with Crippen LogP contribution in [0.15, 0.2) is 30.3 Å². The van der Waals surface area contributed by atoms with Crippen LogP contribution >= 0.6 is 0 Å². The number of hydrogen-bond acceptors (Lipinski definition) is 7. The highest BCUT2D eigenvalue weighted by atomic mass is 28.4. The summed E-state index contributed by atoms with van der Waals surface area (Å²) in [5, 5.41) is 11.3. The van der Waals surface area contributed by atoms with Crippen LogP contribution in [0.2, 0.25) is 16.6 Å². The van der Waals surface area contributed by atoms with E-state index in [-0.39, 0.29) is 19.3 Å². The molecule has 8 heteroatoms. The lowest BCUT2D eigenvalue weighted by atomic mass is 9.82. The van der Waals surface area contributed by atoms with Crippen LogP contribution in [0.25, 0.3) is 0 Å². The summed E-state index contributed by atoms with van der Waals surface area (Å²) in [6.07, 6.45) is -2.19. The van der Waals surface area contributed by atoms with E-state index < -0.39 is 44.8 Å². The van der Waals surface area contributed by atoms with Crippen LogP contribution in [-0.2, 0) is 34.8 Å². The molecule has 0 amide bonds. The van der Waals surface area contributed by atoms with Crippen molar-refractivity contribution in [2.75, 3.05) is 20.5 Å². The van der Waals surface area contributed by atoms with E-state index in [2.05, 4.69) is 41.5 Å². The van der Waals surface area contributed by atoms with Gasteiger partial charge in [-0.3, -0.25) is 0 Å². The standard InChI is InChI=1S/C29H50O7Si/c1-19(2)37(20(3)4,21(5)6)36-25(17-33-18-32-9)28-23(8)29(26(31)27(35-28)22(7)15-30)34-16-24-13-11-10-12-14-24/h10-15,19-23,25-29,31H,16-18H2,1-9H3/t22-,23+,25+,26+,27+,28-,29-/m0/s1. The number of benzene rings is 1. The lowest BCUT2D eigenvalue weighted by Gasteiger charge is -2.51. The second-order valence-corrected chi connectivity index (χ2v) is 16.8. The molecular formula is C29H50O7Si. The molecule has 2 rings (SSSR count). The maximum atomic E-state index is 11.8. The molecule has 0 bridgehead atoms. The molecule has 1 aromatic carbocycles. The minimum atomic E-state index is -2.31. The van der Waals surface area contributed by atoms with Crippen molar-refractivity contribution < 1.29 is 33.3 Å². The molecule has 0 aliphatic carbocycles. The molecule has 1 fully saturated rings. The largest absolute Gasteiger partial charge is 0.408 e. The van der Waals surface area contributed by atoms with Gasteiger partial charge in [-0.05, 0) is 22.2 Å². The predicted octanol–water partition coefficient (Wildman–Crippen LogP) is 5.35. The maximum Gasteiger partial charge on any atom is 0.201 e. The molecule has 0 aromatic heterocycles. The number of aldehydes is 1. The van der Waals surface area contributed by atoms with E-state index in [9.17, 15) is 9.90 Å². The Bertz CT molecular complexity index is 766. The van der Waals surface area contributed by atoms with Gasteiger partial charge in [-0.1, -0.05) is 85.7 Å². The Hall–Kier alpha value is -1.13. The molecule has 212 valence electrons. The summed E-state index contributed by atoms with van der Waals surface area (Å²) in [4.78, 5) is 11.8. The van der Waals surface area contributed by atoms with Crippen molar-refractivity contribution in [3.8, 4) is 0 Å². The van der Waals surface area contributed by atoms with Crippen molar-refractivity contribution >= 4 is 14.6 Å². The van der Waals surface area contributed by atoms with Gasteiger partial charge in [0.05, 0.1) is 37.6 Å². The normalized spacial score (nSPS) is 26.6. The third kappa shape index (κ3) is 7.72. The number of carbonyl (C=O) groups excluding carboxylic acids is 1. The molecule has 1 aliphatic rings. The van der Waals surface area contributed by atoms with Crippen molar-refractivity contribution in [1.82, 2.24) is 0 Å². The van der Waals surface area contributed by atoms with Gasteiger partial charge in [0, 0.05) is 18.9 Å². The van der Waals surface area contributed by atoms with Gasteiger partial charge in [-0.15, -0.1) is 0 Å². The number of carbonyl (C=O) groups is 1. The lowest BCUT2D eigenvalue weighted by molar-refractivity contribution is -0.245. The number of rotatable bonds is 15. The number of methoxy groups -OCH3 is 1. The Morgan fingerprint density at radius 3 is 2.11 bits per heavy atom. The first kappa shape index (κ1) is 32.1. The Morgan fingerprint density at radius 2 is 1.59 bits per heavy atom. The van der Waals surface area contributed by atoms with Crippen molar-refractivity contribution in [3.63, 3.8) is 0 Å². The number of aliphatic hydroxyl groups is 1. The average Bonchev–Trinajstić information content (AvgIpc) is 2.86. The van der Waals surface area contributed by atoms with Gasteiger partial charge in [0.15, 0.2) is 0 Å². The average molecular weight is 539 g/mol. The molecule has 0 unspecified atom stereocenters. The van der Waals surface area contributed by atoms with Crippen LogP contribution in [0, 0.1) is 11.8 Å². The smallest absolute Gasteiger partial charge is 0.201 e. The number of ether oxygens (including phenoxy) is 4. The minimum Gasteiger partial charge on any atom is -0.408 e. The first-order valence-corrected chi connectivity index (χ1v) is 15.8. The van der Waals surface area contributed by atoms with Crippen LogP contribution in [0.5, 0.6) is 0 Å². The van der Waals surface area contributed by atoms with Crippen LogP contribution in [0.1, 0.15) is 61.0 Å². The van der Waals surface area contributed by atoms with Crippen LogP contribution < -0.4 is 0 Å². The van der Waals surface area contributed by atoms with Gasteiger partial charge in [-0.2, -0.15) is 0 Å². The second kappa shape index (κ2) is 14.9. The van der Waals surface area contributed by atoms with Crippen molar-refractivity contribution in [2.24, 2.45) is 11.8 Å². The van der Waals surface area contributed by atoms with Gasteiger partial charge in [0.1, 0.15) is 19.2 Å². The molecule has 0 saturated carbocycles. The molecule has 1 aromatic rings. The first-order chi connectivity index (χ1) is 17.5. The van der Waals surface area contributed by atoms with Crippen molar-refractivity contribution in [3.05, 3.63) is 35.9 Å². The van der Waals surface area contributed by atoms with E-state index in [0.717, 1.165) is 11.8 Å². The second-order valence-electron chi connectivity index (χ2n) is 11.4. The number of hydrogen-bond donors (Lipinski definition) is 1. The van der Waals surface area contributed by atoms with Crippen LogP contribution in [0.4, 0.5) is 0 Å². The van der Waals surface area contributed by atoms with Crippen LogP contribution in [0.3, 0.4) is 0 Å². The summed E-state index contributed by atoms with van der Waals surface area (Å²) in [7, 11) is -0.712. The third-order valence-electron chi connectivity index (χ3n) is 7.95. The van der Waals surface area contributed by atoms with E-state index in [1.54, 1.807) is 14.0 Å². The Labute approximate surface area is 225 Å².